The fourth-order valence-corrected chi connectivity index (χ4v) is 3.92. The Morgan fingerprint density at radius 1 is 1.10 bits per heavy atom. The van der Waals surface area contributed by atoms with Crippen LogP contribution in [0, 0.1) is 20.7 Å². The normalized spacial score (nSPS) is 10.6. The second-order valence-corrected chi connectivity index (χ2v) is 8.06. The summed E-state index contributed by atoms with van der Waals surface area (Å²) in [4.78, 5) is 17.8. The van der Waals surface area contributed by atoms with Gasteiger partial charge in [0.1, 0.15) is 5.82 Å². The molecule has 0 unspecified atom stereocenters. The highest BCUT2D eigenvalue weighted by molar-refractivity contribution is 14.1. The average Bonchev–Trinajstić information content (AvgIpc) is 2.75. The minimum absolute atomic E-state index is 0.0353. The van der Waals surface area contributed by atoms with Crippen LogP contribution in [0.15, 0.2) is 66.7 Å². The molecule has 0 atom stereocenters. The molecule has 0 aliphatic rings. The molecule has 0 radical (unpaired) electrons. The minimum Gasteiger partial charge on any atom is -0.319 e. The molecule has 1 N–H and O–H groups in total. The number of carbonyl (C=O) groups is 1. The maximum Gasteiger partial charge on any atom is 0.258 e. The molecular formula is C23H12ClFIN3O. The van der Waals surface area contributed by atoms with E-state index < -0.39 is 11.7 Å². The Bertz CT molecular complexity index is 1340. The topological polar surface area (TPSA) is 65.8 Å². The summed E-state index contributed by atoms with van der Waals surface area (Å²) in [6, 6.07) is 20.5. The molecule has 0 spiro atoms. The molecule has 0 aliphatic carbocycles. The number of halogens is 3. The Labute approximate surface area is 190 Å². The van der Waals surface area contributed by atoms with Crippen LogP contribution in [-0.2, 0) is 0 Å². The first-order valence-electron chi connectivity index (χ1n) is 8.83. The largest absolute Gasteiger partial charge is 0.319 e. The molecule has 4 aromatic rings. The Morgan fingerprint density at radius 2 is 1.87 bits per heavy atom. The molecule has 1 aromatic heterocycles. The molecule has 4 rings (SSSR count). The molecule has 1 heterocycles. The summed E-state index contributed by atoms with van der Waals surface area (Å²) in [6.07, 6.45) is 0. The number of fused-ring (bicyclic) bond motifs is 1. The fourth-order valence-electron chi connectivity index (χ4n) is 3.09. The molecule has 0 saturated heterocycles. The summed E-state index contributed by atoms with van der Waals surface area (Å²) in [6.45, 7) is 0. The van der Waals surface area contributed by atoms with Crippen molar-refractivity contribution in [3.8, 4) is 17.3 Å². The van der Waals surface area contributed by atoms with Crippen LogP contribution in [0.2, 0.25) is 5.02 Å². The van der Waals surface area contributed by atoms with E-state index in [0.29, 0.717) is 16.6 Å². The van der Waals surface area contributed by atoms with Crippen molar-refractivity contribution in [2.45, 2.75) is 0 Å². The lowest BCUT2D eigenvalue weighted by Gasteiger charge is -2.14. The highest BCUT2D eigenvalue weighted by Gasteiger charge is 2.21. The van der Waals surface area contributed by atoms with E-state index >= 15 is 0 Å². The van der Waals surface area contributed by atoms with Gasteiger partial charge < -0.3 is 5.32 Å². The van der Waals surface area contributed by atoms with Crippen molar-refractivity contribution in [1.82, 2.24) is 4.98 Å². The number of amides is 1. The SMILES string of the molecule is N#Cc1ccc(NC(=O)c2c(Cl)c(-c3ccccc3)nc3ccc(I)cc23)c(F)c1. The van der Waals surface area contributed by atoms with Crippen LogP contribution in [-0.4, -0.2) is 10.9 Å². The lowest BCUT2D eigenvalue weighted by Crippen LogP contribution is -2.15. The van der Waals surface area contributed by atoms with E-state index in [1.807, 2.05) is 54.6 Å². The van der Waals surface area contributed by atoms with Crippen LogP contribution in [0.4, 0.5) is 10.1 Å². The summed E-state index contributed by atoms with van der Waals surface area (Å²) in [7, 11) is 0. The van der Waals surface area contributed by atoms with Gasteiger partial charge in [-0.05, 0) is 59.0 Å². The van der Waals surface area contributed by atoms with Crippen LogP contribution in [0.25, 0.3) is 22.2 Å². The molecule has 146 valence electrons. The van der Waals surface area contributed by atoms with Gasteiger partial charge in [-0.3, -0.25) is 4.79 Å². The van der Waals surface area contributed by atoms with Gasteiger partial charge in [-0.25, -0.2) is 9.37 Å². The van der Waals surface area contributed by atoms with Crippen molar-refractivity contribution >= 4 is 56.7 Å². The van der Waals surface area contributed by atoms with Gasteiger partial charge in [0.05, 0.1) is 39.1 Å². The minimum atomic E-state index is -0.699. The van der Waals surface area contributed by atoms with Crippen molar-refractivity contribution in [3.63, 3.8) is 0 Å². The van der Waals surface area contributed by atoms with Gasteiger partial charge in [0.25, 0.3) is 5.91 Å². The molecule has 3 aromatic carbocycles. The van der Waals surface area contributed by atoms with E-state index in [1.54, 1.807) is 0 Å². The second-order valence-electron chi connectivity index (χ2n) is 6.44. The van der Waals surface area contributed by atoms with Gasteiger partial charge in [-0.1, -0.05) is 41.9 Å². The predicted octanol–water partition coefficient (Wildman–Crippen LogP) is 6.42. The molecule has 1 amide bonds. The van der Waals surface area contributed by atoms with Crippen LogP contribution in [0.3, 0.4) is 0 Å². The lowest BCUT2D eigenvalue weighted by molar-refractivity contribution is 0.102. The van der Waals surface area contributed by atoms with Crippen molar-refractivity contribution in [1.29, 1.82) is 5.26 Å². The average molecular weight is 528 g/mol. The molecular weight excluding hydrogens is 516 g/mol. The monoisotopic (exact) mass is 527 g/mol. The van der Waals surface area contributed by atoms with E-state index in [-0.39, 0.29) is 21.8 Å². The first kappa shape index (κ1) is 20.3. The number of nitriles is 1. The first-order valence-corrected chi connectivity index (χ1v) is 10.3. The van der Waals surface area contributed by atoms with E-state index in [2.05, 4.69) is 32.9 Å². The standard InChI is InChI=1S/C23H12ClFIN3O/c24-21-20(23(30)29-19-8-6-13(12-27)10-17(19)25)16-11-15(26)7-9-18(16)28-22(21)14-4-2-1-3-5-14/h1-11H,(H,29,30). The number of rotatable bonds is 3. The highest BCUT2D eigenvalue weighted by atomic mass is 127. The summed E-state index contributed by atoms with van der Waals surface area (Å²) in [5.74, 6) is -1.26. The number of nitrogens with one attached hydrogen (secondary N) is 1. The maximum absolute atomic E-state index is 14.3. The van der Waals surface area contributed by atoms with Crippen molar-refractivity contribution in [2.75, 3.05) is 5.32 Å². The molecule has 4 nitrogen and oxygen atoms in total. The molecule has 7 heteroatoms. The summed E-state index contributed by atoms with van der Waals surface area (Å²) >= 11 is 8.80. The third-order valence-corrected chi connectivity index (χ3v) is 5.55. The molecule has 0 fully saturated rings. The van der Waals surface area contributed by atoms with Gasteiger partial charge in [0.2, 0.25) is 0 Å². The number of carbonyl (C=O) groups excluding carboxylic acids is 1. The first-order chi connectivity index (χ1) is 14.5. The molecule has 0 bridgehead atoms. The zero-order chi connectivity index (χ0) is 21.3. The van der Waals surface area contributed by atoms with E-state index in [9.17, 15) is 9.18 Å². The Kier molecular flexibility index (Phi) is 5.66. The Balaban J connectivity index is 1.88. The summed E-state index contributed by atoms with van der Waals surface area (Å²) in [5.41, 5.74) is 2.18. The quantitative estimate of drug-likeness (QED) is 0.313. The number of anilines is 1. The van der Waals surface area contributed by atoms with Crippen LogP contribution in [0.1, 0.15) is 15.9 Å². The zero-order valence-electron chi connectivity index (χ0n) is 15.3. The molecule has 30 heavy (non-hydrogen) atoms. The van der Waals surface area contributed by atoms with Gasteiger partial charge in [-0.2, -0.15) is 5.26 Å². The third kappa shape index (κ3) is 3.86. The highest BCUT2D eigenvalue weighted by Crippen LogP contribution is 2.35. The van der Waals surface area contributed by atoms with Gasteiger partial charge in [0.15, 0.2) is 0 Å². The molecule has 0 aliphatic heterocycles. The van der Waals surface area contributed by atoms with Gasteiger partial charge >= 0.3 is 0 Å². The number of pyridine rings is 1. The summed E-state index contributed by atoms with van der Waals surface area (Å²) < 4.78 is 15.2. The summed E-state index contributed by atoms with van der Waals surface area (Å²) in [5, 5.41) is 12.2. The van der Waals surface area contributed by atoms with Crippen LogP contribution >= 0.6 is 34.2 Å². The van der Waals surface area contributed by atoms with Crippen molar-refractivity contribution in [2.24, 2.45) is 0 Å². The second kappa shape index (κ2) is 8.38. The van der Waals surface area contributed by atoms with Crippen molar-refractivity contribution in [3.05, 3.63) is 92.3 Å². The van der Waals surface area contributed by atoms with E-state index in [4.69, 9.17) is 16.9 Å². The maximum atomic E-state index is 14.3. The zero-order valence-corrected chi connectivity index (χ0v) is 18.2. The predicted molar refractivity (Wildman–Crippen MR) is 124 cm³/mol. The van der Waals surface area contributed by atoms with E-state index in [1.165, 1.54) is 12.1 Å². The smallest absolute Gasteiger partial charge is 0.258 e. The number of aromatic nitrogens is 1. The van der Waals surface area contributed by atoms with E-state index in [0.717, 1.165) is 15.2 Å². The van der Waals surface area contributed by atoms with Crippen molar-refractivity contribution < 1.29 is 9.18 Å². The number of hydrogen-bond donors (Lipinski definition) is 1. The Hall–Kier alpha value is -3.02. The number of nitrogens with zero attached hydrogens (tertiary/aromatic N) is 2. The number of hydrogen-bond acceptors (Lipinski definition) is 3. The lowest BCUT2D eigenvalue weighted by atomic mass is 10.0. The fraction of sp³-hybridized carbons (Fsp3) is 0. The van der Waals surface area contributed by atoms with Crippen LogP contribution in [0.5, 0.6) is 0 Å². The number of benzene rings is 3. The van der Waals surface area contributed by atoms with Gasteiger partial charge in [-0.15, -0.1) is 0 Å². The molecule has 0 saturated carbocycles. The van der Waals surface area contributed by atoms with Crippen LogP contribution < -0.4 is 5.32 Å². The Morgan fingerprint density at radius 3 is 2.57 bits per heavy atom. The van der Waals surface area contributed by atoms with Gasteiger partial charge in [0, 0.05) is 14.5 Å². The third-order valence-electron chi connectivity index (χ3n) is 4.51.